The van der Waals surface area contributed by atoms with E-state index in [2.05, 4.69) is 5.32 Å². The molecule has 19 heavy (non-hydrogen) atoms. The van der Waals surface area contributed by atoms with Crippen molar-refractivity contribution in [1.29, 1.82) is 0 Å². The van der Waals surface area contributed by atoms with E-state index in [-0.39, 0.29) is 17.9 Å². The zero-order valence-corrected chi connectivity index (χ0v) is 12.1. The Morgan fingerprint density at radius 2 is 1.89 bits per heavy atom. The van der Waals surface area contributed by atoms with Crippen LogP contribution in [0.15, 0.2) is 0 Å². The second-order valence-electron chi connectivity index (χ2n) is 5.45. The molecule has 1 saturated heterocycles. The van der Waals surface area contributed by atoms with Crippen molar-refractivity contribution in [2.45, 2.75) is 49.4 Å². The van der Waals surface area contributed by atoms with Crippen LogP contribution in [0.25, 0.3) is 0 Å². The molecule has 2 rings (SSSR count). The number of hydrogen-bond donors (Lipinski definition) is 1. The third kappa shape index (κ3) is 2.97. The summed E-state index contributed by atoms with van der Waals surface area (Å²) in [6.45, 7) is 0. The highest BCUT2D eigenvalue weighted by Crippen LogP contribution is 2.26. The fourth-order valence-corrected chi connectivity index (χ4v) is 4.36. The molecule has 0 aromatic carbocycles. The Labute approximate surface area is 113 Å². The minimum absolute atomic E-state index is 0.172. The van der Waals surface area contributed by atoms with Gasteiger partial charge in [0.15, 0.2) is 9.84 Å². The summed E-state index contributed by atoms with van der Waals surface area (Å²) in [5, 5.41) is 2.74. The average molecular weight is 288 g/mol. The van der Waals surface area contributed by atoms with Crippen molar-refractivity contribution < 1.29 is 18.0 Å². The molecule has 2 amide bonds. The second-order valence-corrected chi connectivity index (χ2v) is 7.72. The number of likely N-dealkylation sites (tertiary alicyclic amines) is 1. The molecule has 1 heterocycles. The van der Waals surface area contributed by atoms with Gasteiger partial charge in [0, 0.05) is 25.8 Å². The summed E-state index contributed by atoms with van der Waals surface area (Å²) in [6.07, 6.45) is 4.29. The van der Waals surface area contributed by atoms with Gasteiger partial charge in [-0.2, -0.15) is 0 Å². The van der Waals surface area contributed by atoms with Crippen LogP contribution >= 0.6 is 0 Å². The van der Waals surface area contributed by atoms with E-state index < -0.39 is 21.1 Å². The van der Waals surface area contributed by atoms with Crippen LogP contribution in [0.4, 0.5) is 0 Å². The lowest BCUT2D eigenvalue weighted by atomic mass is 10.0. The van der Waals surface area contributed by atoms with E-state index in [1.54, 1.807) is 0 Å². The van der Waals surface area contributed by atoms with Crippen molar-refractivity contribution >= 4 is 21.7 Å². The molecule has 0 bridgehead atoms. The van der Waals surface area contributed by atoms with Crippen molar-refractivity contribution in [2.75, 3.05) is 13.3 Å². The number of hydrogen-bond acceptors (Lipinski definition) is 5. The first-order valence-corrected chi connectivity index (χ1v) is 8.51. The van der Waals surface area contributed by atoms with Crippen LogP contribution < -0.4 is 5.32 Å². The van der Waals surface area contributed by atoms with Crippen LogP contribution in [0.1, 0.15) is 32.1 Å². The number of nitrogens with zero attached hydrogens (tertiary/aromatic N) is 1. The molecule has 0 aromatic rings. The van der Waals surface area contributed by atoms with Gasteiger partial charge in [-0.3, -0.25) is 14.5 Å². The zero-order valence-electron chi connectivity index (χ0n) is 11.3. The van der Waals surface area contributed by atoms with Gasteiger partial charge >= 0.3 is 0 Å². The molecule has 2 fully saturated rings. The summed E-state index contributed by atoms with van der Waals surface area (Å²) in [5.74, 6) is -0.426. The van der Waals surface area contributed by atoms with Crippen LogP contribution in [-0.2, 0) is 19.4 Å². The number of carbonyl (C=O) groups is 2. The molecule has 0 spiro atoms. The predicted octanol–water partition coefficient (Wildman–Crippen LogP) is -0.311. The van der Waals surface area contributed by atoms with Crippen molar-refractivity contribution in [3.05, 3.63) is 0 Å². The fraction of sp³-hybridized carbons (Fsp3) is 0.833. The van der Waals surface area contributed by atoms with Gasteiger partial charge < -0.3 is 5.32 Å². The van der Waals surface area contributed by atoms with Crippen LogP contribution in [-0.4, -0.2) is 55.8 Å². The van der Waals surface area contributed by atoms with Gasteiger partial charge in [-0.15, -0.1) is 0 Å². The minimum Gasteiger partial charge on any atom is -0.302 e. The maximum atomic E-state index is 12.0. The molecule has 6 nitrogen and oxygen atoms in total. The predicted molar refractivity (Wildman–Crippen MR) is 70.2 cm³/mol. The quantitative estimate of drug-likeness (QED) is 0.720. The SMILES string of the molecule is CN1C(=O)CCC(NC2CCCC2S(C)(=O)=O)C1=O. The molecule has 108 valence electrons. The maximum absolute atomic E-state index is 12.0. The van der Waals surface area contributed by atoms with E-state index in [1.807, 2.05) is 0 Å². The molecule has 3 unspecified atom stereocenters. The summed E-state index contributed by atoms with van der Waals surface area (Å²) in [6, 6.07) is -0.611. The van der Waals surface area contributed by atoms with Crippen LogP contribution in [0, 0.1) is 0 Å². The molecule has 7 heteroatoms. The number of amides is 2. The van der Waals surface area contributed by atoms with E-state index >= 15 is 0 Å². The lowest BCUT2D eigenvalue weighted by molar-refractivity contribution is -0.148. The summed E-state index contributed by atoms with van der Waals surface area (Å²) in [7, 11) is -1.63. The topological polar surface area (TPSA) is 83.6 Å². The van der Waals surface area contributed by atoms with Crippen molar-refractivity contribution in [1.82, 2.24) is 10.2 Å². The normalized spacial score (nSPS) is 32.9. The van der Waals surface area contributed by atoms with Crippen molar-refractivity contribution in [3.63, 3.8) is 0 Å². The Kier molecular flexibility index (Phi) is 3.96. The average Bonchev–Trinajstić information content (AvgIpc) is 2.78. The molecule has 0 aromatic heterocycles. The van der Waals surface area contributed by atoms with E-state index in [0.29, 0.717) is 19.3 Å². The lowest BCUT2D eigenvalue weighted by Crippen LogP contribution is -2.55. The summed E-state index contributed by atoms with van der Waals surface area (Å²) < 4.78 is 23.4. The third-order valence-electron chi connectivity index (χ3n) is 4.07. The van der Waals surface area contributed by atoms with E-state index in [0.717, 1.165) is 17.7 Å². The lowest BCUT2D eigenvalue weighted by Gasteiger charge is -2.31. The molecule has 1 N–H and O–H groups in total. The first-order chi connectivity index (χ1) is 8.80. The van der Waals surface area contributed by atoms with E-state index in [4.69, 9.17) is 0 Å². The number of imide groups is 1. The summed E-state index contributed by atoms with van der Waals surface area (Å²) >= 11 is 0. The first-order valence-electron chi connectivity index (χ1n) is 6.56. The number of likely N-dealkylation sites (N-methyl/N-ethyl adjacent to an activating group) is 1. The smallest absolute Gasteiger partial charge is 0.246 e. The molecule has 1 saturated carbocycles. The molecule has 3 atom stereocenters. The van der Waals surface area contributed by atoms with Gasteiger partial charge in [0.2, 0.25) is 11.8 Å². The standard InChI is InChI=1S/C12H20N2O4S/c1-14-11(15)7-6-9(12(14)16)13-8-4-3-5-10(8)19(2,17)18/h8-10,13H,3-7H2,1-2H3. The Bertz CT molecular complexity index is 488. The number of nitrogens with one attached hydrogen (secondary N) is 1. The number of carbonyl (C=O) groups excluding carboxylic acids is 2. The van der Waals surface area contributed by atoms with E-state index in [1.165, 1.54) is 13.3 Å². The monoisotopic (exact) mass is 288 g/mol. The van der Waals surface area contributed by atoms with E-state index in [9.17, 15) is 18.0 Å². The second kappa shape index (κ2) is 5.20. The highest BCUT2D eigenvalue weighted by Gasteiger charge is 2.39. The van der Waals surface area contributed by atoms with Gasteiger partial charge in [-0.05, 0) is 19.3 Å². The van der Waals surface area contributed by atoms with Gasteiger partial charge in [-0.25, -0.2) is 8.42 Å². The van der Waals surface area contributed by atoms with Crippen LogP contribution in [0.2, 0.25) is 0 Å². The Morgan fingerprint density at radius 1 is 1.21 bits per heavy atom. The minimum atomic E-state index is -3.10. The molecular weight excluding hydrogens is 268 g/mol. The molecule has 0 radical (unpaired) electrons. The zero-order chi connectivity index (χ0) is 14.2. The van der Waals surface area contributed by atoms with Crippen LogP contribution in [0.3, 0.4) is 0 Å². The Morgan fingerprint density at radius 3 is 2.53 bits per heavy atom. The Hall–Kier alpha value is -0.950. The molecule has 2 aliphatic rings. The maximum Gasteiger partial charge on any atom is 0.246 e. The van der Waals surface area contributed by atoms with Crippen LogP contribution in [0.5, 0.6) is 0 Å². The largest absolute Gasteiger partial charge is 0.302 e. The summed E-state index contributed by atoms with van der Waals surface area (Å²) in [4.78, 5) is 24.5. The van der Waals surface area contributed by atoms with Crippen molar-refractivity contribution in [2.24, 2.45) is 0 Å². The number of rotatable bonds is 3. The molecular formula is C12H20N2O4S. The summed E-state index contributed by atoms with van der Waals surface area (Å²) in [5.41, 5.74) is 0. The van der Waals surface area contributed by atoms with Gasteiger partial charge in [0.25, 0.3) is 0 Å². The first kappa shape index (κ1) is 14.5. The van der Waals surface area contributed by atoms with Gasteiger partial charge in [0.05, 0.1) is 11.3 Å². The van der Waals surface area contributed by atoms with Crippen molar-refractivity contribution in [3.8, 4) is 0 Å². The van der Waals surface area contributed by atoms with Gasteiger partial charge in [0.1, 0.15) is 0 Å². The molecule has 1 aliphatic heterocycles. The third-order valence-corrected chi connectivity index (χ3v) is 5.73. The highest BCUT2D eigenvalue weighted by atomic mass is 32.2. The number of piperidine rings is 1. The van der Waals surface area contributed by atoms with Gasteiger partial charge in [-0.1, -0.05) is 6.42 Å². The number of sulfone groups is 1. The molecule has 1 aliphatic carbocycles. The fourth-order valence-electron chi connectivity index (χ4n) is 2.96. The highest BCUT2D eigenvalue weighted by molar-refractivity contribution is 7.91. The Balaban J connectivity index is 2.05.